The lowest BCUT2D eigenvalue weighted by Gasteiger charge is -2.04. The number of benzene rings is 1. The van der Waals surface area contributed by atoms with Crippen molar-refractivity contribution in [3.63, 3.8) is 0 Å². The first kappa shape index (κ1) is 15.0. The highest BCUT2D eigenvalue weighted by atomic mass is 32.1. The summed E-state index contributed by atoms with van der Waals surface area (Å²) in [6.07, 6.45) is 0. The topological polar surface area (TPSA) is 92.4 Å². The lowest BCUT2D eigenvalue weighted by Crippen LogP contribution is -2.10. The normalized spacial score (nSPS) is 10.5. The van der Waals surface area contributed by atoms with Crippen LogP contribution < -0.4 is 5.32 Å². The van der Waals surface area contributed by atoms with Gasteiger partial charge < -0.3 is 14.8 Å². The molecule has 23 heavy (non-hydrogen) atoms. The maximum absolute atomic E-state index is 12.0. The van der Waals surface area contributed by atoms with E-state index in [-0.39, 0.29) is 11.5 Å². The van der Waals surface area contributed by atoms with Crippen LogP contribution in [0.4, 0.5) is 5.69 Å². The largest absolute Gasteiger partial charge is 0.475 e. The Morgan fingerprint density at radius 1 is 1.13 bits per heavy atom. The third kappa shape index (κ3) is 3.29. The van der Waals surface area contributed by atoms with Crippen molar-refractivity contribution in [1.82, 2.24) is 4.98 Å². The average Bonchev–Trinajstić information content (AvgIpc) is 3.17. The third-order valence-corrected chi connectivity index (χ3v) is 4.06. The number of nitrogens with zero attached hydrogens (tertiary/aromatic N) is 1. The highest BCUT2D eigenvalue weighted by Crippen LogP contribution is 2.25. The first-order valence-electron chi connectivity index (χ1n) is 6.70. The van der Waals surface area contributed by atoms with Crippen molar-refractivity contribution in [3.8, 4) is 10.6 Å². The van der Waals surface area contributed by atoms with E-state index in [2.05, 4.69) is 10.3 Å². The summed E-state index contributed by atoms with van der Waals surface area (Å²) in [5, 5.41) is 14.3. The quantitative estimate of drug-likeness (QED) is 0.762. The number of anilines is 1. The number of hydrogen-bond acceptors (Lipinski definition) is 5. The summed E-state index contributed by atoms with van der Waals surface area (Å²) >= 11 is 1.56. The van der Waals surface area contributed by atoms with Gasteiger partial charge in [0.05, 0.1) is 0 Å². The first-order valence-corrected chi connectivity index (χ1v) is 7.58. The van der Waals surface area contributed by atoms with Crippen LogP contribution in [-0.4, -0.2) is 22.0 Å². The standard InChI is InChI=1S/C16H12N2O4S/c1-9-8-23-15(17-9)10-2-4-11(5-3-10)18-14(19)12-6-7-13(22-12)16(20)21/h2-8H,1H3,(H,18,19)(H,20,21). The molecule has 0 saturated carbocycles. The first-order chi connectivity index (χ1) is 11.0. The number of carbonyl (C=O) groups is 2. The molecule has 7 heteroatoms. The minimum Gasteiger partial charge on any atom is -0.475 e. The molecule has 2 N–H and O–H groups in total. The molecule has 3 rings (SSSR count). The van der Waals surface area contributed by atoms with Gasteiger partial charge in [0.15, 0.2) is 5.76 Å². The molecule has 0 saturated heterocycles. The number of carbonyl (C=O) groups excluding carboxylic acids is 1. The van der Waals surface area contributed by atoms with Gasteiger partial charge in [-0.05, 0) is 43.3 Å². The fraction of sp³-hybridized carbons (Fsp3) is 0.0625. The number of furan rings is 1. The van der Waals surface area contributed by atoms with Gasteiger partial charge in [0, 0.05) is 22.3 Å². The van der Waals surface area contributed by atoms with Crippen molar-refractivity contribution in [2.75, 3.05) is 5.32 Å². The van der Waals surface area contributed by atoms with Gasteiger partial charge in [-0.2, -0.15) is 0 Å². The molecule has 6 nitrogen and oxygen atoms in total. The zero-order valence-corrected chi connectivity index (χ0v) is 12.9. The Hall–Kier alpha value is -2.93. The van der Waals surface area contributed by atoms with Gasteiger partial charge in [-0.3, -0.25) is 4.79 Å². The van der Waals surface area contributed by atoms with E-state index in [4.69, 9.17) is 9.52 Å². The van der Waals surface area contributed by atoms with E-state index in [1.165, 1.54) is 12.1 Å². The number of aryl methyl sites for hydroxylation is 1. The van der Waals surface area contributed by atoms with Crippen LogP contribution in [0.2, 0.25) is 0 Å². The SMILES string of the molecule is Cc1csc(-c2ccc(NC(=O)c3ccc(C(=O)O)o3)cc2)n1. The van der Waals surface area contributed by atoms with E-state index in [9.17, 15) is 9.59 Å². The zero-order valence-electron chi connectivity index (χ0n) is 12.1. The molecule has 1 amide bonds. The number of rotatable bonds is 4. The number of amides is 1. The zero-order chi connectivity index (χ0) is 16.4. The van der Waals surface area contributed by atoms with Gasteiger partial charge in [0.2, 0.25) is 5.76 Å². The molecule has 2 heterocycles. The van der Waals surface area contributed by atoms with Crippen molar-refractivity contribution >= 4 is 28.9 Å². The molecule has 0 spiro atoms. The van der Waals surface area contributed by atoms with Crippen LogP contribution in [0.5, 0.6) is 0 Å². The molecule has 0 aliphatic carbocycles. The minimum absolute atomic E-state index is 0.0537. The van der Waals surface area contributed by atoms with Gasteiger partial charge in [-0.15, -0.1) is 11.3 Å². The Morgan fingerprint density at radius 2 is 1.83 bits per heavy atom. The molecule has 0 aliphatic heterocycles. The molecular weight excluding hydrogens is 316 g/mol. The van der Waals surface area contributed by atoms with Crippen molar-refractivity contribution in [3.05, 3.63) is 59.0 Å². The van der Waals surface area contributed by atoms with Crippen LogP contribution in [0.25, 0.3) is 10.6 Å². The number of carboxylic acids is 1. The van der Waals surface area contributed by atoms with Crippen LogP contribution in [0.1, 0.15) is 26.8 Å². The van der Waals surface area contributed by atoms with Crippen LogP contribution in [0.15, 0.2) is 46.2 Å². The van der Waals surface area contributed by atoms with Crippen molar-refractivity contribution in [1.29, 1.82) is 0 Å². The smallest absolute Gasteiger partial charge is 0.371 e. The minimum atomic E-state index is -1.22. The number of thiazole rings is 1. The third-order valence-electron chi connectivity index (χ3n) is 3.05. The number of nitrogens with one attached hydrogen (secondary N) is 1. The molecular formula is C16H12N2O4S. The summed E-state index contributed by atoms with van der Waals surface area (Å²) in [5.41, 5.74) is 2.52. The lowest BCUT2D eigenvalue weighted by molar-refractivity contribution is 0.0660. The Morgan fingerprint density at radius 3 is 2.39 bits per heavy atom. The molecule has 0 radical (unpaired) electrons. The maximum Gasteiger partial charge on any atom is 0.371 e. The molecule has 1 aromatic carbocycles. The van der Waals surface area contributed by atoms with E-state index in [1.54, 1.807) is 23.5 Å². The Labute approximate surface area is 135 Å². The predicted octanol–water partition coefficient (Wildman–Crippen LogP) is 3.66. The molecule has 0 fully saturated rings. The monoisotopic (exact) mass is 328 g/mol. The van der Waals surface area contributed by atoms with Crippen LogP contribution >= 0.6 is 11.3 Å². The van der Waals surface area contributed by atoms with E-state index in [0.717, 1.165) is 16.3 Å². The van der Waals surface area contributed by atoms with Gasteiger partial charge in [0.1, 0.15) is 5.01 Å². The second kappa shape index (κ2) is 6.05. The Kier molecular flexibility index (Phi) is 3.94. The Bertz CT molecular complexity index is 864. The fourth-order valence-electron chi connectivity index (χ4n) is 1.95. The van der Waals surface area contributed by atoms with Crippen LogP contribution in [0.3, 0.4) is 0 Å². The number of aromatic nitrogens is 1. The second-order valence-electron chi connectivity index (χ2n) is 4.79. The van der Waals surface area contributed by atoms with Crippen LogP contribution in [0, 0.1) is 6.92 Å². The summed E-state index contributed by atoms with van der Waals surface area (Å²) in [6.45, 7) is 1.93. The van der Waals surface area contributed by atoms with Gasteiger partial charge >= 0.3 is 5.97 Å². The molecule has 0 atom stereocenters. The van der Waals surface area contributed by atoms with Crippen LogP contribution in [-0.2, 0) is 0 Å². The maximum atomic E-state index is 12.0. The Balaban J connectivity index is 1.72. The highest BCUT2D eigenvalue weighted by molar-refractivity contribution is 7.13. The summed E-state index contributed by atoms with van der Waals surface area (Å²) in [4.78, 5) is 27.1. The number of carboxylic acid groups (broad SMARTS) is 1. The molecule has 2 aromatic heterocycles. The van der Waals surface area contributed by atoms with Crippen molar-refractivity contribution in [2.24, 2.45) is 0 Å². The summed E-state index contributed by atoms with van der Waals surface area (Å²) in [5.74, 6) is -2.05. The number of hydrogen-bond donors (Lipinski definition) is 2. The second-order valence-corrected chi connectivity index (χ2v) is 5.65. The summed E-state index contributed by atoms with van der Waals surface area (Å²) in [6, 6.07) is 9.80. The fourth-order valence-corrected chi connectivity index (χ4v) is 2.75. The van der Waals surface area contributed by atoms with E-state index < -0.39 is 11.9 Å². The van der Waals surface area contributed by atoms with Gasteiger partial charge in [-0.25, -0.2) is 9.78 Å². The lowest BCUT2D eigenvalue weighted by atomic mass is 10.2. The molecule has 116 valence electrons. The average molecular weight is 328 g/mol. The van der Waals surface area contributed by atoms with E-state index in [1.807, 2.05) is 24.4 Å². The molecule has 3 aromatic rings. The number of aromatic carboxylic acids is 1. The van der Waals surface area contributed by atoms with E-state index >= 15 is 0 Å². The predicted molar refractivity (Wildman–Crippen MR) is 85.9 cm³/mol. The molecule has 0 bridgehead atoms. The summed E-state index contributed by atoms with van der Waals surface area (Å²) in [7, 11) is 0. The van der Waals surface area contributed by atoms with Crippen molar-refractivity contribution < 1.29 is 19.1 Å². The van der Waals surface area contributed by atoms with Gasteiger partial charge in [0.25, 0.3) is 5.91 Å². The summed E-state index contributed by atoms with van der Waals surface area (Å²) < 4.78 is 4.95. The molecule has 0 unspecified atom stereocenters. The molecule has 0 aliphatic rings. The van der Waals surface area contributed by atoms with Crippen molar-refractivity contribution in [2.45, 2.75) is 6.92 Å². The van der Waals surface area contributed by atoms with Gasteiger partial charge in [-0.1, -0.05) is 0 Å². The van der Waals surface area contributed by atoms with E-state index in [0.29, 0.717) is 5.69 Å². The highest BCUT2D eigenvalue weighted by Gasteiger charge is 2.15.